The highest BCUT2D eigenvalue weighted by atomic mass is 16.5. The molecule has 6 heteroatoms. The second-order valence-electron chi connectivity index (χ2n) is 5.91. The Kier molecular flexibility index (Phi) is 4.20. The summed E-state index contributed by atoms with van der Waals surface area (Å²) >= 11 is 0. The summed E-state index contributed by atoms with van der Waals surface area (Å²) in [4.78, 5) is 17.2. The number of nitrogens with zero attached hydrogens (tertiary/aromatic N) is 3. The van der Waals surface area contributed by atoms with Gasteiger partial charge in [-0.3, -0.25) is 4.79 Å². The van der Waals surface area contributed by atoms with Gasteiger partial charge in [0.1, 0.15) is 5.75 Å². The fraction of sp³-hybridized carbons (Fsp3) is 0.278. The molecule has 1 amide bonds. The van der Waals surface area contributed by atoms with Crippen LogP contribution < -0.4 is 10.1 Å². The van der Waals surface area contributed by atoms with E-state index in [1.807, 2.05) is 25.5 Å². The molecule has 0 spiro atoms. The first-order chi connectivity index (χ1) is 11.5. The molecule has 1 N–H and O–H groups in total. The smallest absolute Gasteiger partial charge is 0.256 e. The highest BCUT2D eigenvalue weighted by Crippen LogP contribution is 2.22. The molecule has 0 atom stereocenters. The predicted octanol–water partition coefficient (Wildman–Crippen LogP) is 3.58. The zero-order chi connectivity index (χ0) is 17.3. The number of aryl methyl sites for hydroxylation is 1. The Balaban J connectivity index is 1.97. The van der Waals surface area contributed by atoms with Crippen LogP contribution in [-0.2, 0) is 0 Å². The number of fused-ring (bicyclic) bond motifs is 1. The van der Waals surface area contributed by atoms with Gasteiger partial charge in [-0.05, 0) is 51.1 Å². The summed E-state index contributed by atoms with van der Waals surface area (Å²) in [5.74, 6) is 0.562. The number of methoxy groups -OCH3 is 1. The third-order valence-electron chi connectivity index (χ3n) is 3.78. The molecule has 0 aliphatic rings. The lowest BCUT2D eigenvalue weighted by atomic mass is 10.1. The molecule has 0 fully saturated rings. The summed E-state index contributed by atoms with van der Waals surface area (Å²) in [5, 5.41) is 8.02. The van der Waals surface area contributed by atoms with Gasteiger partial charge in [0.2, 0.25) is 0 Å². The van der Waals surface area contributed by atoms with Crippen molar-refractivity contribution in [3.8, 4) is 5.75 Å². The van der Waals surface area contributed by atoms with Crippen LogP contribution in [-0.4, -0.2) is 27.8 Å². The Labute approximate surface area is 140 Å². The number of anilines is 1. The Morgan fingerprint density at radius 2 is 1.96 bits per heavy atom. The van der Waals surface area contributed by atoms with E-state index in [2.05, 4.69) is 15.4 Å². The first kappa shape index (κ1) is 16.0. The van der Waals surface area contributed by atoms with E-state index in [1.54, 1.807) is 43.6 Å². The fourth-order valence-corrected chi connectivity index (χ4v) is 2.58. The van der Waals surface area contributed by atoms with Gasteiger partial charge >= 0.3 is 0 Å². The van der Waals surface area contributed by atoms with Crippen molar-refractivity contribution >= 4 is 22.6 Å². The Hall–Kier alpha value is -2.89. The van der Waals surface area contributed by atoms with E-state index in [0.29, 0.717) is 11.3 Å². The summed E-state index contributed by atoms with van der Waals surface area (Å²) in [5.41, 5.74) is 2.79. The van der Waals surface area contributed by atoms with Crippen LogP contribution >= 0.6 is 0 Å². The van der Waals surface area contributed by atoms with Crippen LogP contribution in [0.1, 0.15) is 35.9 Å². The van der Waals surface area contributed by atoms with Gasteiger partial charge in [-0.1, -0.05) is 0 Å². The SMILES string of the molecule is COc1ccc(NC(=O)c2cc(C)nc3c2cnn3C(C)C)cc1. The molecule has 2 aromatic heterocycles. The molecule has 0 unspecified atom stereocenters. The van der Waals surface area contributed by atoms with E-state index in [1.165, 1.54) is 0 Å². The fourth-order valence-electron chi connectivity index (χ4n) is 2.58. The number of amides is 1. The van der Waals surface area contributed by atoms with Crippen molar-refractivity contribution in [2.24, 2.45) is 0 Å². The van der Waals surface area contributed by atoms with Gasteiger partial charge in [-0.2, -0.15) is 5.10 Å². The van der Waals surface area contributed by atoms with Gasteiger partial charge in [0.05, 0.1) is 24.3 Å². The molecule has 24 heavy (non-hydrogen) atoms. The maximum Gasteiger partial charge on any atom is 0.256 e. The van der Waals surface area contributed by atoms with Crippen LogP contribution in [0.5, 0.6) is 5.75 Å². The Bertz CT molecular complexity index is 882. The first-order valence-electron chi connectivity index (χ1n) is 7.80. The largest absolute Gasteiger partial charge is 0.497 e. The zero-order valence-corrected chi connectivity index (χ0v) is 14.2. The molecule has 1 aromatic carbocycles. The molecule has 0 saturated carbocycles. The summed E-state index contributed by atoms with van der Waals surface area (Å²) in [6, 6.07) is 9.18. The number of ether oxygens (including phenoxy) is 1. The second kappa shape index (κ2) is 6.31. The predicted molar refractivity (Wildman–Crippen MR) is 93.6 cm³/mol. The van der Waals surface area contributed by atoms with Crippen molar-refractivity contribution in [1.29, 1.82) is 0 Å². The topological polar surface area (TPSA) is 69.0 Å². The van der Waals surface area contributed by atoms with Gasteiger partial charge in [0, 0.05) is 17.4 Å². The number of pyridine rings is 1. The van der Waals surface area contributed by atoms with Gasteiger partial charge in [0.15, 0.2) is 5.65 Å². The number of carbonyl (C=O) groups excluding carboxylic acids is 1. The van der Waals surface area contributed by atoms with E-state index in [-0.39, 0.29) is 11.9 Å². The van der Waals surface area contributed by atoms with E-state index >= 15 is 0 Å². The average Bonchev–Trinajstić information content (AvgIpc) is 2.98. The van der Waals surface area contributed by atoms with E-state index < -0.39 is 0 Å². The average molecular weight is 324 g/mol. The van der Waals surface area contributed by atoms with E-state index in [4.69, 9.17) is 4.74 Å². The molecule has 0 aliphatic heterocycles. The summed E-state index contributed by atoms with van der Waals surface area (Å²) < 4.78 is 6.95. The molecule has 2 heterocycles. The first-order valence-corrected chi connectivity index (χ1v) is 7.80. The molecule has 6 nitrogen and oxygen atoms in total. The molecule has 0 radical (unpaired) electrons. The zero-order valence-electron chi connectivity index (χ0n) is 14.2. The number of nitrogens with one attached hydrogen (secondary N) is 1. The third kappa shape index (κ3) is 2.95. The Morgan fingerprint density at radius 3 is 2.58 bits per heavy atom. The summed E-state index contributed by atoms with van der Waals surface area (Å²) in [6.07, 6.45) is 1.70. The summed E-state index contributed by atoms with van der Waals surface area (Å²) in [7, 11) is 1.61. The van der Waals surface area contributed by atoms with E-state index in [0.717, 1.165) is 22.5 Å². The molecule has 0 bridgehead atoms. The molecule has 0 saturated heterocycles. The van der Waals surface area contributed by atoms with Crippen molar-refractivity contribution in [1.82, 2.24) is 14.8 Å². The minimum Gasteiger partial charge on any atom is -0.497 e. The maximum atomic E-state index is 12.7. The molecule has 0 aliphatic carbocycles. The van der Waals surface area contributed by atoms with Crippen molar-refractivity contribution in [3.63, 3.8) is 0 Å². The van der Waals surface area contributed by atoms with Crippen LogP contribution in [0, 0.1) is 6.92 Å². The van der Waals surface area contributed by atoms with Crippen LogP contribution in [0.25, 0.3) is 11.0 Å². The standard InChI is InChI=1S/C18H20N4O2/c1-11(2)22-17-16(10-19-22)15(9-12(3)20-17)18(23)21-13-5-7-14(24-4)8-6-13/h5-11H,1-4H3,(H,21,23). The number of aromatic nitrogens is 3. The minimum absolute atomic E-state index is 0.175. The quantitative estimate of drug-likeness (QED) is 0.796. The van der Waals surface area contributed by atoms with Crippen molar-refractivity contribution < 1.29 is 9.53 Å². The lowest BCUT2D eigenvalue weighted by molar-refractivity contribution is 0.102. The van der Waals surface area contributed by atoms with E-state index in [9.17, 15) is 4.79 Å². The number of rotatable bonds is 4. The van der Waals surface area contributed by atoms with Crippen LogP contribution in [0.3, 0.4) is 0 Å². The highest BCUT2D eigenvalue weighted by Gasteiger charge is 2.17. The molecule has 124 valence electrons. The van der Waals surface area contributed by atoms with Gasteiger partial charge < -0.3 is 10.1 Å². The van der Waals surface area contributed by atoms with Gasteiger partial charge in [0.25, 0.3) is 5.91 Å². The number of carbonyl (C=O) groups is 1. The van der Waals surface area contributed by atoms with Crippen LogP contribution in [0.2, 0.25) is 0 Å². The number of hydrogen-bond donors (Lipinski definition) is 1. The minimum atomic E-state index is -0.182. The second-order valence-corrected chi connectivity index (χ2v) is 5.91. The maximum absolute atomic E-state index is 12.7. The van der Waals surface area contributed by atoms with Gasteiger partial charge in [-0.15, -0.1) is 0 Å². The summed E-state index contributed by atoms with van der Waals surface area (Å²) in [6.45, 7) is 5.95. The molecular weight excluding hydrogens is 304 g/mol. The molecule has 3 rings (SSSR count). The monoisotopic (exact) mass is 324 g/mol. The Morgan fingerprint density at radius 1 is 1.25 bits per heavy atom. The molecular formula is C18H20N4O2. The van der Waals surface area contributed by atoms with Crippen molar-refractivity contribution in [2.75, 3.05) is 12.4 Å². The number of benzene rings is 1. The van der Waals surface area contributed by atoms with Crippen LogP contribution in [0.4, 0.5) is 5.69 Å². The highest BCUT2D eigenvalue weighted by molar-refractivity contribution is 6.12. The van der Waals surface area contributed by atoms with Crippen molar-refractivity contribution in [3.05, 3.63) is 47.8 Å². The lowest BCUT2D eigenvalue weighted by Gasteiger charge is -2.10. The van der Waals surface area contributed by atoms with Crippen molar-refractivity contribution in [2.45, 2.75) is 26.8 Å². The van der Waals surface area contributed by atoms with Gasteiger partial charge in [-0.25, -0.2) is 9.67 Å². The lowest BCUT2D eigenvalue weighted by Crippen LogP contribution is -2.13. The number of hydrogen-bond acceptors (Lipinski definition) is 4. The molecule has 3 aromatic rings. The van der Waals surface area contributed by atoms with Crippen LogP contribution in [0.15, 0.2) is 36.5 Å². The third-order valence-corrected chi connectivity index (χ3v) is 3.78. The normalized spacial score (nSPS) is 11.0.